The van der Waals surface area contributed by atoms with Crippen LogP contribution in [-0.2, 0) is 4.57 Å². The van der Waals surface area contributed by atoms with Gasteiger partial charge in [-0.15, -0.1) is 0 Å². The molecule has 4 aromatic carbocycles. The van der Waals surface area contributed by atoms with E-state index in [1.54, 1.807) is 0 Å². The van der Waals surface area contributed by atoms with Gasteiger partial charge in [0.15, 0.2) is 0 Å². The van der Waals surface area contributed by atoms with E-state index in [4.69, 9.17) is 0 Å². The number of hydrogen-bond acceptors (Lipinski definition) is 1. The van der Waals surface area contributed by atoms with E-state index in [0.29, 0.717) is 0 Å². The first-order valence-corrected chi connectivity index (χ1v) is 11.8. The predicted molar refractivity (Wildman–Crippen MR) is 126 cm³/mol. The van der Waals surface area contributed by atoms with E-state index in [0.717, 1.165) is 13.1 Å². The fraction of sp³-hybridized carbons (Fsp3) is 0.231. The molecular weight excluding hydrogens is 387 g/mol. The number of rotatable bonds is 4. The summed E-state index contributed by atoms with van der Waals surface area (Å²) in [4.78, 5) is 0. The first-order chi connectivity index (χ1) is 14.6. The minimum atomic E-state index is -1.61. The van der Waals surface area contributed by atoms with Crippen LogP contribution in [0.15, 0.2) is 84.9 Å². The molecule has 1 heterocycles. The average Bonchev–Trinajstić information content (AvgIpc) is 3.18. The normalized spacial score (nSPS) is 17.6. The maximum Gasteiger partial charge on any atom is 0.538 e. The number of fused-ring (bicyclic) bond motifs is 2. The van der Waals surface area contributed by atoms with Crippen LogP contribution in [0.5, 0.6) is 0 Å². The molecule has 0 N–H and O–H groups in total. The highest BCUT2D eigenvalue weighted by Gasteiger charge is 2.49. The van der Waals surface area contributed by atoms with E-state index in [-0.39, 0.29) is 12.1 Å². The van der Waals surface area contributed by atoms with Gasteiger partial charge in [0, 0.05) is 0 Å². The molecule has 2 atom stereocenters. The van der Waals surface area contributed by atoms with Gasteiger partial charge in [0.05, 0.1) is 25.2 Å². The summed E-state index contributed by atoms with van der Waals surface area (Å²) >= 11 is 0. The Morgan fingerprint density at radius 3 is 1.50 bits per heavy atom. The summed E-state index contributed by atoms with van der Waals surface area (Å²) in [5.74, 6) is 0. The van der Waals surface area contributed by atoms with Gasteiger partial charge in [0.1, 0.15) is 0 Å². The molecule has 0 unspecified atom stereocenters. The number of hydrogen-bond donors (Lipinski definition) is 0. The minimum Gasteiger partial charge on any atom is -0.0703 e. The molecule has 0 bridgehead atoms. The zero-order chi connectivity index (χ0) is 20.7. The van der Waals surface area contributed by atoms with E-state index < -0.39 is 8.10 Å². The maximum absolute atomic E-state index is 13.6. The zero-order valence-electron chi connectivity index (χ0n) is 17.4. The second-order valence-corrected chi connectivity index (χ2v) is 9.60. The van der Waals surface area contributed by atoms with Gasteiger partial charge in [-0.3, -0.25) is 0 Å². The van der Waals surface area contributed by atoms with Gasteiger partial charge in [-0.2, -0.15) is 0 Å². The van der Waals surface area contributed by atoms with Crippen LogP contribution < -0.4 is 0 Å². The van der Waals surface area contributed by atoms with Gasteiger partial charge in [-0.1, -0.05) is 94.3 Å². The first kappa shape index (κ1) is 19.4. The van der Waals surface area contributed by atoms with Gasteiger partial charge < -0.3 is 0 Å². The van der Waals surface area contributed by atoms with E-state index in [1.807, 2.05) is 0 Å². The fourth-order valence-corrected chi connectivity index (χ4v) is 6.42. The molecule has 5 rings (SSSR count). The van der Waals surface area contributed by atoms with Crippen LogP contribution >= 0.6 is 8.10 Å². The van der Waals surface area contributed by atoms with Crippen molar-refractivity contribution < 1.29 is 4.57 Å². The Labute approximate surface area is 178 Å². The Bertz CT molecular complexity index is 1130. The molecule has 4 aromatic rings. The summed E-state index contributed by atoms with van der Waals surface area (Å²) in [7, 11) is -1.61. The highest BCUT2D eigenvalue weighted by atomic mass is 31.1. The van der Waals surface area contributed by atoms with Crippen LogP contribution in [0.4, 0.5) is 0 Å². The van der Waals surface area contributed by atoms with Crippen molar-refractivity contribution >= 4 is 29.6 Å². The first-order valence-electron chi connectivity index (χ1n) is 10.6. The van der Waals surface area contributed by atoms with Crippen LogP contribution in [0, 0.1) is 0 Å². The molecule has 3 nitrogen and oxygen atoms in total. The van der Waals surface area contributed by atoms with Gasteiger partial charge >= 0.3 is 8.10 Å². The van der Waals surface area contributed by atoms with Crippen molar-refractivity contribution in [3.05, 3.63) is 96.1 Å². The van der Waals surface area contributed by atoms with Crippen molar-refractivity contribution in [1.82, 2.24) is 9.34 Å². The molecule has 0 radical (unpaired) electrons. The lowest BCUT2D eigenvalue weighted by Gasteiger charge is -2.19. The third kappa shape index (κ3) is 3.24. The third-order valence-corrected chi connectivity index (χ3v) is 8.41. The lowest BCUT2D eigenvalue weighted by Crippen LogP contribution is -2.18. The molecule has 150 valence electrons. The molecule has 4 heteroatoms. The monoisotopic (exact) mass is 413 g/mol. The summed E-state index contributed by atoms with van der Waals surface area (Å²) in [6.07, 6.45) is 0. The van der Waals surface area contributed by atoms with Crippen molar-refractivity contribution in [2.24, 2.45) is 0 Å². The summed E-state index contributed by atoms with van der Waals surface area (Å²) < 4.78 is 17.9. The SMILES string of the molecule is C[C@@H](c1cccc2ccccc12)N1CCN([C@@H](C)c2cccc3ccccc23)[P+]1=O. The van der Waals surface area contributed by atoms with Gasteiger partial charge in [0.25, 0.3) is 0 Å². The number of benzene rings is 4. The highest BCUT2D eigenvalue weighted by Crippen LogP contribution is 2.49. The molecule has 0 aromatic heterocycles. The fourth-order valence-electron chi connectivity index (χ4n) is 4.76. The lowest BCUT2D eigenvalue weighted by atomic mass is 9.99. The van der Waals surface area contributed by atoms with Crippen LogP contribution in [0.2, 0.25) is 0 Å². The summed E-state index contributed by atoms with van der Waals surface area (Å²) in [5, 5.41) is 4.96. The van der Waals surface area contributed by atoms with E-state index >= 15 is 0 Å². The Balaban J connectivity index is 1.45. The zero-order valence-corrected chi connectivity index (χ0v) is 18.3. The highest BCUT2D eigenvalue weighted by molar-refractivity contribution is 7.39. The van der Waals surface area contributed by atoms with Crippen LogP contribution in [0.3, 0.4) is 0 Å². The Morgan fingerprint density at radius 2 is 1.03 bits per heavy atom. The molecule has 1 fully saturated rings. The molecule has 1 aliphatic rings. The van der Waals surface area contributed by atoms with Crippen LogP contribution in [-0.4, -0.2) is 22.4 Å². The summed E-state index contributed by atoms with van der Waals surface area (Å²) in [6, 6.07) is 30.0. The second-order valence-electron chi connectivity index (χ2n) is 8.07. The van der Waals surface area contributed by atoms with Crippen LogP contribution in [0.25, 0.3) is 21.5 Å². The summed E-state index contributed by atoms with van der Waals surface area (Å²) in [5.41, 5.74) is 2.49. The molecule has 0 spiro atoms. The second kappa shape index (κ2) is 7.92. The predicted octanol–water partition coefficient (Wildman–Crippen LogP) is 7.09. The van der Waals surface area contributed by atoms with E-state index in [2.05, 4.69) is 108 Å². The van der Waals surface area contributed by atoms with E-state index in [9.17, 15) is 4.57 Å². The Kier molecular flexibility index (Phi) is 5.12. The Morgan fingerprint density at radius 1 is 0.633 bits per heavy atom. The topological polar surface area (TPSA) is 23.6 Å². The van der Waals surface area contributed by atoms with Crippen molar-refractivity contribution in [2.45, 2.75) is 25.9 Å². The van der Waals surface area contributed by atoms with E-state index in [1.165, 1.54) is 32.7 Å². The minimum absolute atomic E-state index is 0.101. The van der Waals surface area contributed by atoms with Crippen molar-refractivity contribution in [3.8, 4) is 0 Å². The molecular formula is C26H26N2OP+. The van der Waals surface area contributed by atoms with Gasteiger partial charge in [-0.25, -0.2) is 0 Å². The van der Waals surface area contributed by atoms with Gasteiger partial charge in [-0.05, 0) is 51.1 Å². The standard InChI is InChI=1S/C26H26N2OP/c1-19(23-15-7-11-21-9-3-5-13-25(21)23)27-17-18-28(30(27)29)20(2)24-16-8-12-22-10-4-6-14-26(22)24/h3-16,19-20H,17-18H2,1-2H3/q+1/t19-,20-/m0/s1. The quantitative estimate of drug-likeness (QED) is 0.334. The van der Waals surface area contributed by atoms with Crippen molar-refractivity contribution in [3.63, 3.8) is 0 Å². The third-order valence-electron chi connectivity index (χ3n) is 6.44. The molecule has 0 aliphatic carbocycles. The Hall–Kier alpha value is -2.58. The molecule has 0 amide bonds. The molecule has 1 aliphatic heterocycles. The van der Waals surface area contributed by atoms with Gasteiger partial charge in [0.2, 0.25) is 0 Å². The molecule has 1 saturated heterocycles. The maximum atomic E-state index is 13.6. The summed E-state index contributed by atoms with van der Waals surface area (Å²) in [6.45, 7) is 5.99. The largest absolute Gasteiger partial charge is 0.538 e. The molecule has 0 saturated carbocycles. The average molecular weight is 413 g/mol. The smallest absolute Gasteiger partial charge is 0.0703 e. The lowest BCUT2D eigenvalue weighted by molar-refractivity contribution is 0.379. The van der Waals surface area contributed by atoms with Crippen LogP contribution in [0.1, 0.15) is 37.1 Å². The molecule has 30 heavy (non-hydrogen) atoms. The number of nitrogens with zero attached hydrogens (tertiary/aromatic N) is 2. The van der Waals surface area contributed by atoms with Crippen molar-refractivity contribution in [2.75, 3.05) is 13.1 Å². The van der Waals surface area contributed by atoms with Crippen molar-refractivity contribution in [1.29, 1.82) is 0 Å².